The number of methoxy groups -OCH3 is 2. The van der Waals surface area contributed by atoms with Gasteiger partial charge in [0.25, 0.3) is 0 Å². The lowest BCUT2D eigenvalue weighted by Crippen LogP contribution is -2.47. The molecule has 0 spiro atoms. The molecule has 2 aromatic carbocycles. The molecular formula is C37H48N10O7. The Bertz CT molecular complexity index is 1880. The molecule has 54 heavy (non-hydrogen) atoms. The summed E-state index contributed by atoms with van der Waals surface area (Å²) in [6, 6.07) is 13.3. The van der Waals surface area contributed by atoms with E-state index >= 15 is 0 Å². The summed E-state index contributed by atoms with van der Waals surface area (Å²) in [6.45, 7) is 2.07. The summed E-state index contributed by atoms with van der Waals surface area (Å²) in [6.07, 6.45) is 0.780. The van der Waals surface area contributed by atoms with Crippen LogP contribution in [0.15, 0.2) is 54.9 Å². The maximum atomic E-state index is 12.9. The SMILES string of the molecule is COc1ccc(C(Nc2nc(N3CC[C@@H](NC(=O)N[C@@H]4CCN(C)C4)C3)nc3c2ncn3[C@@H]2C[C@H](NC(=O)CO)[C@@H](O)[C@H]2O)c2ccc(OC)cc2)cc1. The van der Waals surface area contributed by atoms with Gasteiger partial charge in [0.1, 0.15) is 30.3 Å². The van der Waals surface area contributed by atoms with Crippen LogP contribution in [0, 0.1) is 0 Å². The maximum Gasteiger partial charge on any atom is 0.315 e. The molecule has 4 heterocycles. The topological polar surface area (TPSA) is 211 Å². The van der Waals surface area contributed by atoms with E-state index in [4.69, 9.17) is 24.4 Å². The van der Waals surface area contributed by atoms with Crippen molar-refractivity contribution in [1.82, 2.24) is 40.4 Å². The molecule has 4 aromatic rings. The van der Waals surface area contributed by atoms with E-state index in [0.717, 1.165) is 30.6 Å². The number of benzene rings is 2. The molecular weight excluding hydrogens is 696 g/mol. The van der Waals surface area contributed by atoms with Crippen molar-refractivity contribution in [2.24, 2.45) is 0 Å². The summed E-state index contributed by atoms with van der Waals surface area (Å²) in [5.74, 6) is 1.61. The third-order valence-corrected chi connectivity index (χ3v) is 10.6. The standard InChI is InChI=1S/C37H48N10O7/c1-45-14-12-23(17-45)39-37(52)40-24-13-15-46(18-24)36-43-34(42-30(21-4-8-25(53-2)9-5-21)22-6-10-26(54-3)11-7-22)31-35(44-36)47(20-38-31)28-16-27(32(50)33(28)51)41-29(49)19-48/h4-11,20,23-24,27-28,30,32-33,48,50-51H,12-19H2,1-3H3,(H,41,49)(H2,39,40,52)(H,42,43,44)/t23-,24-,27+,28-,32-,33+/m1/s1. The van der Waals surface area contributed by atoms with Crippen LogP contribution in [0.3, 0.4) is 0 Å². The Kier molecular flexibility index (Phi) is 11.0. The van der Waals surface area contributed by atoms with Gasteiger partial charge in [0.05, 0.1) is 38.7 Å². The Labute approximate surface area is 312 Å². The second-order valence-electron chi connectivity index (χ2n) is 14.2. The van der Waals surface area contributed by atoms with Gasteiger partial charge in [-0.3, -0.25) is 4.79 Å². The molecule has 1 aliphatic carbocycles. The Morgan fingerprint density at radius 1 is 0.870 bits per heavy atom. The summed E-state index contributed by atoms with van der Waals surface area (Å²) in [5.41, 5.74) is 2.70. The van der Waals surface area contributed by atoms with Crippen molar-refractivity contribution >= 4 is 34.9 Å². The van der Waals surface area contributed by atoms with Crippen molar-refractivity contribution in [2.75, 3.05) is 64.3 Å². The van der Waals surface area contributed by atoms with Crippen LogP contribution >= 0.6 is 0 Å². The van der Waals surface area contributed by atoms with E-state index in [1.54, 1.807) is 25.1 Å². The normalized spacial score (nSPS) is 24.2. The van der Waals surface area contributed by atoms with Gasteiger partial charge in [0.2, 0.25) is 11.9 Å². The van der Waals surface area contributed by atoms with Gasteiger partial charge in [0.15, 0.2) is 17.0 Å². The average Bonchev–Trinajstić information content (AvgIpc) is 3.99. The van der Waals surface area contributed by atoms with Gasteiger partial charge in [-0.1, -0.05) is 24.3 Å². The predicted octanol–water partition coefficient (Wildman–Crippen LogP) is 0.771. The molecule has 3 amide bonds. The molecule has 17 nitrogen and oxygen atoms in total. The number of carbonyl (C=O) groups is 2. The lowest BCUT2D eigenvalue weighted by molar-refractivity contribution is -0.125. The highest BCUT2D eigenvalue weighted by molar-refractivity contribution is 5.85. The lowest BCUT2D eigenvalue weighted by atomic mass is 9.98. The van der Waals surface area contributed by atoms with Gasteiger partial charge in [-0.25, -0.2) is 9.78 Å². The molecule has 3 fully saturated rings. The van der Waals surface area contributed by atoms with E-state index in [0.29, 0.717) is 53.9 Å². The number of imidazole rings is 1. The molecule has 0 radical (unpaired) electrons. The fourth-order valence-electron chi connectivity index (χ4n) is 7.68. The average molecular weight is 745 g/mol. The number of anilines is 2. The number of nitrogens with zero attached hydrogens (tertiary/aromatic N) is 6. The van der Waals surface area contributed by atoms with E-state index < -0.39 is 42.8 Å². The number of hydrogen-bond acceptors (Lipinski definition) is 13. The number of likely N-dealkylation sites (tertiary alicyclic amines) is 1. The number of nitrogens with one attached hydrogen (secondary N) is 4. The van der Waals surface area contributed by atoms with Crippen LogP contribution in [0.25, 0.3) is 11.2 Å². The zero-order valence-electron chi connectivity index (χ0n) is 30.6. The number of carbonyl (C=O) groups excluding carboxylic acids is 2. The van der Waals surface area contributed by atoms with Crippen LogP contribution in [-0.4, -0.2) is 136 Å². The second-order valence-corrected chi connectivity index (χ2v) is 14.2. The minimum Gasteiger partial charge on any atom is -0.497 e. The Hall–Kier alpha value is -5.23. The Morgan fingerprint density at radius 3 is 2.09 bits per heavy atom. The summed E-state index contributed by atoms with van der Waals surface area (Å²) >= 11 is 0. The fourth-order valence-corrected chi connectivity index (χ4v) is 7.68. The van der Waals surface area contributed by atoms with Crippen molar-refractivity contribution in [3.8, 4) is 11.5 Å². The van der Waals surface area contributed by atoms with E-state index in [9.17, 15) is 24.9 Å². The Balaban J connectivity index is 1.23. The highest BCUT2D eigenvalue weighted by Gasteiger charge is 2.44. The number of aromatic nitrogens is 4. The molecule has 0 bridgehead atoms. The molecule has 288 valence electrons. The molecule has 0 unspecified atom stereocenters. The van der Waals surface area contributed by atoms with Crippen LogP contribution < -0.4 is 35.6 Å². The number of aliphatic hydroxyl groups is 3. The van der Waals surface area contributed by atoms with Crippen molar-refractivity contribution in [2.45, 2.75) is 61.7 Å². The zero-order valence-corrected chi connectivity index (χ0v) is 30.6. The quantitative estimate of drug-likeness (QED) is 0.107. The summed E-state index contributed by atoms with van der Waals surface area (Å²) < 4.78 is 12.6. The third-order valence-electron chi connectivity index (χ3n) is 10.6. The van der Waals surface area contributed by atoms with Gasteiger partial charge in [-0.15, -0.1) is 0 Å². The number of hydrogen-bond donors (Lipinski definition) is 7. The van der Waals surface area contributed by atoms with E-state index in [1.165, 1.54) is 0 Å². The van der Waals surface area contributed by atoms with Gasteiger partial charge >= 0.3 is 6.03 Å². The van der Waals surface area contributed by atoms with E-state index in [1.807, 2.05) is 60.5 Å². The van der Waals surface area contributed by atoms with E-state index in [-0.39, 0.29) is 24.5 Å². The van der Waals surface area contributed by atoms with Crippen LogP contribution in [-0.2, 0) is 4.79 Å². The second kappa shape index (κ2) is 16.0. The number of amides is 3. The van der Waals surface area contributed by atoms with Gasteiger partial charge in [-0.05, 0) is 68.2 Å². The molecule has 7 N–H and O–H groups in total. The molecule has 2 aliphatic heterocycles. The zero-order chi connectivity index (χ0) is 37.9. The first-order valence-corrected chi connectivity index (χ1v) is 18.2. The van der Waals surface area contributed by atoms with Gasteiger partial charge in [0, 0.05) is 31.7 Å². The minimum absolute atomic E-state index is 0.109. The molecule has 3 aliphatic rings. The summed E-state index contributed by atoms with van der Waals surface area (Å²) in [4.78, 5) is 43.9. The first-order chi connectivity index (χ1) is 26.1. The summed E-state index contributed by atoms with van der Waals surface area (Å²) in [5, 5.41) is 43.8. The first-order valence-electron chi connectivity index (χ1n) is 18.2. The van der Waals surface area contributed by atoms with Gasteiger partial charge < -0.3 is 60.4 Å². The van der Waals surface area contributed by atoms with Gasteiger partial charge in [-0.2, -0.15) is 9.97 Å². The van der Waals surface area contributed by atoms with Crippen molar-refractivity contribution in [3.63, 3.8) is 0 Å². The maximum absolute atomic E-state index is 12.9. The number of rotatable bonds is 12. The molecule has 2 saturated heterocycles. The summed E-state index contributed by atoms with van der Waals surface area (Å²) in [7, 11) is 5.28. The first kappa shape index (κ1) is 37.1. The smallest absolute Gasteiger partial charge is 0.315 e. The highest BCUT2D eigenvalue weighted by Crippen LogP contribution is 2.37. The van der Waals surface area contributed by atoms with Crippen LogP contribution in [0.1, 0.15) is 42.5 Å². The number of ether oxygens (including phenoxy) is 2. The number of urea groups is 1. The van der Waals surface area contributed by atoms with Crippen LogP contribution in [0.4, 0.5) is 16.6 Å². The molecule has 6 atom stereocenters. The number of likely N-dealkylation sites (N-methyl/N-ethyl adjacent to an activating group) is 1. The van der Waals surface area contributed by atoms with Crippen molar-refractivity contribution < 1.29 is 34.4 Å². The monoisotopic (exact) mass is 744 g/mol. The van der Waals surface area contributed by atoms with E-state index in [2.05, 4.69) is 26.2 Å². The minimum atomic E-state index is -1.28. The number of fused-ring (bicyclic) bond motifs is 1. The largest absolute Gasteiger partial charge is 0.497 e. The Morgan fingerprint density at radius 2 is 1.50 bits per heavy atom. The molecule has 17 heteroatoms. The lowest BCUT2D eigenvalue weighted by Gasteiger charge is -2.24. The van der Waals surface area contributed by atoms with Crippen molar-refractivity contribution in [1.29, 1.82) is 0 Å². The number of aliphatic hydroxyl groups excluding tert-OH is 3. The predicted molar refractivity (Wildman–Crippen MR) is 200 cm³/mol. The van der Waals surface area contributed by atoms with Crippen LogP contribution in [0.5, 0.6) is 11.5 Å². The van der Waals surface area contributed by atoms with Crippen LogP contribution in [0.2, 0.25) is 0 Å². The molecule has 1 saturated carbocycles. The molecule has 7 rings (SSSR count). The fraction of sp³-hybridized carbons (Fsp3) is 0.486. The third kappa shape index (κ3) is 7.84. The van der Waals surface area contributed by atoms with Crippen molar-refractivity contribution in [3.05, 3.63) is 66.0 Å². The molecule has 2 aromatic heterocycles. The highest BCUT2D eigenvalue weighted by atomic mass is 16.5.